The Hall–Kier alpha value is -7.37. The Morgan fingerprint density at radius 3 is 1.61 bits per heavy atom. The zero-order chi connectivity index (χ0) is 35.6. The van der Waals surface area contributed by atoms with Crippen LogP contribution in [0.25, 0.3) is 105 Å². The Morgan fingerprint density at radius 2 is 0.907 bits per heavy atom. The summed E-state index contributed by atoms with van der Waals surface area (Å²) in [5.74, 6) is 1.76. The van der Waals surface area contributed by atoms with Gasteiger partial charge in [0, 0.05) is 27.3 Å². The van der Waals surface area contributed by atoms with Crippen molar-refractivity contribution >= 4 is 54.5 Å². The molecule has 0 bridgehead atoms. The van der Waals surface area contributed by atoms with Crippen LogP contribution < -0.4 is 0 Å². The highest BCUT2D eigenvalue weighted by Crippen LogP contribution is 2.44. The van der Waals surface area contributed by atoms with Gasteiger partial charge in [-0.1, -0.05) is 158 Å². The quantitative estimate of drug-likeness (QED) is 0.180. The molecule has 0 spiro atoms. The lowest BCUT2D eigenvalue weighted by Gasteiger charge is -2.11. The molecule has 5 nitrogen and oxygen atoms in total. The van der Waals surface area contributed by atoms with Crippen LogP contribution in [0.3, 0.4) is 0 Å². The summed E-state index contributed by atoms with van der Waals surface area (Å²) in [6.45, 7) is 0. The third kappa shape index (κ3) is 4.76. The molecule has 0 amide bonds. The van der Waals surface area contributed by atoms with E-state index in [2.05, 4.69) is 150 Å². The van der Waals surface area contributed by atoms with E-state index in [0.717, 1.165) is 77.1 Å². The number of nitrogens with zero attached hydrogens (tertiary/aromatic N) is 4. The lowest BCUT2D eigenvalue weighted by Crippen LogP contribution is -2.06. The molecule has 0 saturated carbocycles. The first kappa shape index (κ1) is 30.3. The van der Waals surface area contributed by atoms with Crippen molar-refractivity contribution in [3.05, 3.63) is 182 Å². The fourth-order valence-corrected chi connectivity index (χ4v) is 7.97. The molecule has 8 aromatic carbocycles. The maximum atomic E-state index is 6.96. The topological polar surface area (TPSA) is 56.7 Å². The van der Waals surface area contributed by atoms with Crippen molar-refractivity contribution in [2.24, 2.45) is 0 Å². The SMILES string of the molecule is c1ccc(-c2ccc(-c3nc(-c4ccccc4)nc(-n4c5ccccc5c5c6oc7cc(-c8ccccc8)c8ccccc8c7c6ccc54)n3)cc2)cc1. The first-order valence-electron chi connectivity index (χ1n) is 18.1. The van der Waals surface area contributed by atoms with Crippen molar-refractivity contribution in [2.75, 3.05) is 0 Å². The number of aromatic nitrogens is 4. The van der Waals surface area contributed by atoms with Gasteiger partial charge in [0.05, 0.1) is 16.4 Å². The Bertz CT molecular complexity index is 3190. The molecule has 0 unspecified atom stereocenters. The second-order valence-corrected chi connectivity index (χ2v) is 13.6. The summed E-state index contributed by atoms with van der Waals surface area (Å²) >= 11 is 0. The van der Waals surface area contributed by atoms with Gasteiger partial charge in [-0.25, -0.2) is 4.98 Å². The average molecular weight is 691 g/mol. The zero-order valence-corrected chi connectivity index (χ0v) is 29.0. The molecule has 3 aromatic heterocycles. The van der Waals surface area contributed by atoms with E-state index >= 15 is 0 Å². The lowest BCUT2D eigenvalue weighted by molar-refractivity contribution is 0.673. The highest BCUT2D eigenvalue weighted by Gasteiger charge is 2.23. The summed E-state index contributed by atoms with van der Waals surface area (Å²) in [4.78, 5) is 15.4. The smallest absolute Gasteiger partial charge is 0.238 e. The van der Waals surface area contributed by atoms with E-state index in [0.29, 0.717) is 17.6 Å². The summed E-state index contributed by atoms with van der Waals surface area (Å²) in [6, 6.07) is 63.1. The fourth-order valence-electron chi connectivity index (χ4n) is 7.97. The summed E-state index contributed by atoms with van der Waals surface area (Å²) in [5.41, 5.74) is 10.1. The highest BCUT2D eigenvalue weighted by molar-refractivity contribution is 6.29. The number of fused-ring (bicyclic) bond motifs is 9. The van der Waals surface area contributed by atoms with Crippen LogP contribution in [0.4, 0.5) is 0 Å². The van der Waals surface area contributed by atoms with E-state index in [9.17, 15) is 0 Å². The first-order valence-corrected chi connectivity index (χ1v) is 18.1. The molecule has 0 radical (unpaired) electrons. The van der Waals surface area contributed by atoms with Gasteiger partial charge in [0.1, 0.15) is 11.2 Å². The minimum absolute atomic E-state index is 0.546. The molecule has 3 heterocycles. The van der Waals surface area contributed by atoms with Crippen molar-refractivity contribution in [1.82, 2.24) is 19.5 Å². The molecule has 0 aliphatic heterocycles. The second-order valence-electron chi connectivity index (χ2n) is 13.6. The molecule has 5 heteroatoms. The van der Waals surface area contributed by atoms with Gasteiger partial charge in [-0.05, 0) is 57.3 Å². The van der Waals surface area contributed by atoms with Crippen LogP contribution in [0, 0.1) is 0 Å². The van der Waals surface area contributed by atoms with Gasteiger partial charge in [0.15, 0.2) is 11.6 Å². The monoisotopic (exact) mass is 690 g/mol. The van der Waals surface area contributed by atoms with E-state index in [4.69, 9.17) is 19.4 Å². The minimum Gasteiger partial charge on any atom is -0.455 e. The van der Waals surface area contributed by atoms with E-state index in [1.54, 1.807) is 0 Å². The number of benzene rings is 8. The van der Waals surface area contributed by atoms with Crippen LogP contribution in [0.15, 0.2) is 186 Å². The Balaban J connectivity index is 1.17. The Kier molecular flexibility index (Phi) is 6.79. The van der Waals surface area contributed by atoms with Crippen molar-refractivity contribution < 1.29 is 4.42 Å². The maximum absolute atomic E-state index is 6.96. The van der Waals surface area contributed by atoms with Gasteiger partial charge < -0.3 is 4.42 Å². The molecular weight excluding hydrogens is 661 g/mol. The van der Waals surface area contributed by atoms with Crippen LogP contribution in [0.2, 0.25) is 0 Å². The van der Waals surface area contributed by atoms with Crippen LogP contribution in [-0.4, -0.2) is 19.5 Å². The molecule has 0 fully saturated rings. The van der Waals surface area contributed by atoms with Crippen LogP contribution in [0.1, 0.15) is 0 Å². The predicted molar refractivity (Wildman–Crippen MR) is 221 cm³/mol. The van der Waals surface area contributed by atoms with Crippen molar-refractivity contribution in [1.29, 1.82) is 0 Å². The van der Waals surface area contributed by atoms with Gasteiger partial charge in [-0.3, -0.25) is 4.57 Å². The summed E-state index contributed by atoms with van der Waals surface area (Å²) < 4.78 is 9.11. The molecule has 11 rings (SSSR count). The van der Waals surface area contributed by atoms with E-state index in [1.807, 2.05) is 36.4 Å². The normalized spacial score (nSPS) is 11.7. The summed E-state index contributed by atoms with van der Waals surface area (Å²) in [7, 11) is 0. The van der Waals surface area contributed by atoms with Crippen molar-refractivity contribution in [2.45, 2.75) is 0 Å². The number of para-hydroxylation sites is 1. The van der Waals surface area contributed by atoms with Gasteiger partial charge in [0.25, 0.3) is 0 Å². The molecule has 0 N–H and O–H groups in total. The van der Waals surface area contributed by atoms with Crippen molar-refractivity contribution in [3.63, 3.8) is 0 Å². The number of hydrogen-bond acceptors (Lipinski definition) is 4. The second kappa shape index (κ2) is 12.1. The molecule has 54 heavy (non-hydrogen) atoms. The predicted octanol–water partition coefficient (Wildman–Crippen LogP) is 12.7. The van der Waals surface area contributed by atoms with Crippen LogP contribution in [-0.2, 0) is 0 Å². The molecule has 0 aliphatic rings. The number of rotatable bonds is 5. The molecule has 252 valence electrons. The molecule has 0 aliphatic carbocycles. The highest BCUT2D eigenvalue weighted by atomic mass is 16.3. The summed E-state index contributed by atoms with van der Waals surface area (Å²) in [6.07, 6.45) is 0. The summed E-state index contributed by atoms with van der Waals surface area (Å²) in [5, 5.41) is 6.66. The largest absolute Gasteiger partial charge is 0.455 e. The standard InChI is InChI=1S/C49H30N4O/c1-4-14-31(15-5-1)32-24-26-35(27-25-32)48-50-47(34-18-8-3-9-19-34)51-49(52-48)53-41-23-13-12-22-38(41)45-42(53)29-28-39-44-37-21-11-10-20-36(37)40(30-43(44)54-46(39)45)33-16-6-2-7-17-33/h1-30H. The third-order valence-electron chi connectivity index (χ3n) is 10.5. The number of furan rings is 1. The molecule has 11 aromatic rings. The minimum atomic E-state index is 0.546. The van der Waals surface area contributed by atoms with Crippen LogP contribution in [0.5, 0.6) is 0 Å². The van der Waals surface area contributed by atoms with Gasteiger partial charge >= 0.3 is 0 Å². The van der Waals surface area contributed by atoms with E-state index in [1.165, 1.54) is 10.8 Å². The van der Waals surface area contributed by atoms with Gasteiger partial charge in [0.2, 0.25) is 5.95 Å². The molecular formula is C49H30N4O. The zero-order valence-electron chi connectivity index (χ0n) is 29.0. The van der Waals surface area contributed by atoms with E-state index < -0.39 is 0 Å². The Labute approximate surface area is 310 Å². The van der Waals surface area contributed by atoms with Gasteiger partial charge in [-0.2, -0.15) is 9.97 Å². The number of hydrogen-bond donors (Lipinski definition) is 0. The maximum Gasteiger partial charge on any atom is 0.238 e. The third-order valence-corrected chi connectivity index (χ3v) is 10.5. The lowest BCUT2D eigenvalue weighted by atomic mass is 9.95. The van der Waals surface area contributed by atoms with E-state index in [-0.39, 0.29) is 0 Å². The van der Waals surface area contributed by atoms with Crippen molar-refractivity contribution in [3.8, 4) is 51.0 Å². The Morgan fingerprint density at radius 1 is 0.370 bits per heavy atom. The molecule has 0 saturated heterocycles. The van der Waals surface area contributed by atoms with Crippen LogP contribution >= 0.6 is 0 Å². The average Bonchev–Trinajstić information content (AvgIpc) is 3.80. The van der Waals surface area contributed by atoms with Gasteiger partial charge in [-0.15, -0.1) is 0 Å². The first-order chi connectivity index (χ1) is 26.8. The molecule has 0 atom stereocenters. The fraction of sp³-hybridized carbons (Fsp3) is 0.